The summed E-state index contributed by atoms with van der Waals surface area (Å²) in [6.07, 6.45) is 1.55. The third kappa shape index (κ3) is 1.87. The standard InChI is InChI=1S/C4H2NO2.3C2H5.Sn/c6-3-1-2-4(7)5-3;3*1-2;/h1H,(H,5,6,7);3*1H2,2H3;. The number of hydrogen-bond acceptors (Lipinski definition) is 2. The van der Waals surface area contributed by atoms with Crippen LogP contribution in [0.3, 0.4) is 0 Å². The summed E-state index contributed by atoms with van der Waals surface area (Å²) in [6, 6.07) is 0. The summed E-state index contributed by atoms with van der Waals surface area (Å²) in [5, 5.41) is 2.36. The maximum absolute atomic E-state index is 11.6. The van der Waals surface area contributed by atoms with Gasteiger partial charge in [-0.25, -0.2) is 0 Å². The first-order valence-electron chi connectivity index (χ1n) is 5.17. The van der Waals surface area contributed by atoms with Crippen molar-refractivity contribution in [2.24, 2.45) is 0 Å². The minimum absolute atomic E-state index is 0.114. The fraction of sp³-hybridized carbons (Fsp3) is 0.600. The van der Waals surface area contributed by atoms with Crippen molar-refractivity contribution in [1.29, 1.82) is 0 Å². The zero-order valence-corrected chi connectivity index (χ0v) is 11.9. The van der Waals surface area contributed by atoms with Gasteiger partial charge in [-0.05, 0) is 0 Å². The zero-order chi connectivity index (χ0) is 10.8. The molecule has 0 spiro atoms. The summed E-state index contributed by atoms with van der Waals surface area (Å²) < 4.78 is 4.19. The summed E-state index contributed by atoms with van der Waals surface area (Å²) in [6.45, 7) is 6.46. The molecule has 2 amide bonds. The van der Waals surface area contributed by atoms with Gasteiger partial charge in [-0.2, -0.15) is 0 Å². The Morgan fingerprint density at radius 1 is 1.14 bits per heavy atom. The average Bonchev–Trinajstić information content (AvgIpc) is 2.51. The average molecular weight is 302 g/mol. The fourth-order valence-corrected chi connectivity index (χ4v) is 12.5. The van der Waals surface area contributed by atoms with E-state index in [4.69, 9.17) is 0 Å². The van der Waals surface area contributed by atoms with Gasteiger partial charge in [0, 0.05) is 0 Å². The summed E-state index contributed by atoms with van der Waals surface area (Å²) >= 11 is -2.45. The van der Waals surface area contributed by atoms with Crippen LogP contribution in [0.5, 0.6) is 0 Å². The van der Waals surface area contributed by atoms with Gasteiger partial charge in [-0.3, -0.25) is 0 Å². The van der Waals surface area contributed by atoms with E-state index in [1.54, 1.807) is 6.08 Å². The van der Waals surface area contributed by atoms with Crippen LogP contribution in [0.2, 0.25) is 13.3 Å². The topological polar surface area (TPSA) is 46.2 Å². The normalized spacial score (nSPS) is 16.9. The first kappa shape index (κ1) is 11.8. The Morgan fingerprint density at radius 2 is 1.64 bits per heavy atom. The second-order valence-corrected chi connectivity index (χ2v) is 18.6. The molecule has 1 N–H and O–H groups in total. The van der Waals surface area contributed by atoms with Crippen LogP contribution < -0.4 is 5.32 Å². The van der Waals surface area contributed by atoms with Gasteiger partial charge in [-0.1, -0.05) is 0 Å². The molecule has 0 saturated heterocycles. The number of carbonyl (C=O) groups excluding carboxylic acids is 2. The van der Waals surface area contributed by atoms with E-state index >= 15 is 0 Å². The Labute approximate surface area is 88.8 Å². The van der Waals surface area contributed by atoms with E-state index in [0.29, 0.717) is 0 Å². The van der Waals surface area contributed by atoms with Crippen molar-refractivity contribution in [3.63, 3.8) is 0 Å². The molecule has 0 aromatic heterocycles. The molecule has 0 bridgehead atoms. The van der Waals surface area contributed by atoms with Crippen molar-refractivity contribution < 1.29 is 9.59 Å². The molecular formula is C10H17NO2Sn. The predicted octanol–water partition coefficient (Wildman–Crippen LogP) is 1.62. The fourth-order valence-electron chi connectivity index (χ4n) is 2.13. The van der Waals surface area contributed by atoms with Gasteiger partial charge in [0.1, 0.15) is 0 Å². The van der Waals surface area contributed by atoms with E-state index in [9.17, 15) is 9.59 Å². The molecule has 0 aromatic rings. The summed E-state index contributed by atoms with van der Waals surface area (Å²) in [4.78, 5) is 22.6. The van der Waals surface area contributed by atoms with Gasteiger partial charge in [0.2, 0.25) is 0 Å². The predicted molar refractivity (Wildman–Crippen MR) is 58.4 cm³/mol. The first-order chi connectivity index (χ1) is 6.59. The van der Waals surface area contributed by atoms with Gasteiger partial charge in [0.25, 0.3) is 0 Å². The molecule has 0 saturated carbocycles. The van der Waals surface area contributed by atoms with Gasteiger partial charge < -0.3 is 0 Å². The Bertz CT molecular complexity index is 284. The third-order valence-electron chi connectivity index (χ3n) is 3.36. The van der Waals surface area contributed by atoms with Gasteiger partial charge in [0.05, 0.1) is 0 Å². The van der Waals surface area contributed by atoms with Crippen LogP contribution in [0, 0.1) is 0 Å². The number of nitrogens with one attached hydrogen (secondary N) is 1. The van der Waals surface area contributed by atoms with Gasteiger partial charge >= 0.3 is 88.8 Å². The van der Waals surface area contributed by atoms with Crippen molar-refractivity contribution in [3.8, 4) is 0 Å². The second-order valence-electron chi connectivity index (χ2n) is 3.72. The minimum atomic E-state index is -2.45. The van der Waals surface area contributed by atoms with Crippen LogP contribution in [-0.2, 0) is 9.59 Å². The van der Waals surface area contributed by atoms with Crippen LogP contribution in [0.1, 0.15) is 20.8 Å². The number of hydrogen-bond donors (Lipinski definition) is 1. The molecule has 1 aliphatic heterocycles. The van der Waals surface area contributed by atoms with Crippen molar-refractivity contribution in [1.82, 2.24) is 5.32 Å². The van der Waals surface area contributed by atoms with Crippen LogP contribution in [-0.4, -0.2) is 30.2 Å². The monoisotopic (exact) mass is 303 g/mol. The summed E-state index contributed by atoms with van der Waals surface area (Å²) in [7, 11) is 0. The Kier molecular flexibility index (Phi) is 3.75. The molecule has 4 heteroatoms. The molecule has 0 unspecified atom stereocenters. The number of rotatable bonds is 4. The Hall–Kier alpha value is -0.321. The summed E-state index contributed by atoms with van der Waals surface area (Å²) in [5.41, 5.74) is 0. The van der Waals surface area contributed by atoms with E-state index in [0.717, 1.165) is 16.9 Å². The van der Waals surface area contributed by atoms with Crippen LogP contribution in [0.4, 0.5) is 0 Å². The molecule has 1 aliphatic rings. The molecule has 1 heterocycles. The third-order valence-corrected chi connectivity index (χ3v) is 19.3. The molecule has 0 aromatic carbocycles. The van der Waals surface area contributed by atoms with E-state index in [1.165, 1.54) is 0 Å². The SMILES string of the molecule is C[CH2][Sn]([CH2]C)([CH2]C)[C]1=CC(=O)NC1=O. The van der Waals surface area contributed by atoms with E-state index in [-0.39, 0.29) is 11.8 Å². The number of carbonyl (C=O) groups is 2. The number of amides is 2. The van der Waals surface area contributed by atoms with Crippen molar-refractivity contribution in [3.05, 3.63) is 9.67 Å². The van der Waals surface area contributed by atoms with E-state index < -0.39 is 18.4 Å². The zero-order valence-electron chi connectivity index (χ0n) is 9.02. The molecule has 0 radical (unpaired) electrons. The molecule has 14 heavy (non-hydrogen) atoms. The molecule has 1 rings (SSSR count). The molecule has 0 atom stereocenters. The molecule has 78 valence electrons. The molecule has 0 aliphatic carbocycles. The van der Waals surface area contributed by atoms with Gasteiger partial charge in [0.15, 0.2) is 0 Å². The Morgan fingerprint density at radius 3 is 1.93 bits per heavy atom. The van der Waals surface area contributed by atoms with Crippen LogP contribution in [0.15, 0.2) is 9.67 Å². The van der Waals surface area contributed by atoms with E-state index in [1.807, 2.05) is 0 Å². The second kappa shape index (κ2) is 4.47. The van der Waals surface area contributed by atoms with Crippen LogP contribution >= 0.6 is 0 Å². The maximum atomic E-state index is 11.6. The molecule has 0 fully saturated rings. The van der Waals surface area contributed by atoms with Crippen molar-refractivity contribution >= 4 is 30.2 Å². The van der Waals surface area contributed by atoms with E-state index in [2.05, 4.69) is 26.1 Å². The van der Waals surface area contributed by atoms with Crippen LogP contribution in [0.25, 0.3) is 0 Å². The molecular weight excluding hydrogens is 285 g/mol. The van der Waals surface area contributed by atoms with Gasteiger partial charge in [-0.15, -0.1) is 0 Å². The summed E-state index contributed by atoms with van der Waals surface area (Å²) in [5.74, 6) is -0.335. The molecule has 3 nitrogen and oxygen atoms in total. The van der Waals surface area contributed by atoms with Crippen molar-refractivity contribution in [2.45, 2.75) is 34.1 Å². The first-order valence-corrected chi connectivity index (χ1v) is 12.6. The Balaban J connectivity index is 3.05. The number of imide groups is 1. The van der Waals surface area contributed by atoms with Crippen molar-refractivity contribution in [2.75, 3.05) is 0 Å². The quantitative estimate of drug-likeness (QED) is 0.633.